The molecule has 3 fully saturated rings. The second kappa shape index (κ2) is 4.68. The molecular weight excluding hydrogens is 194 g/mol. The monoisotopic (exact) mass is 221 g/mol. The molecule has 3 rings (SSSR count). The molecule has 1 heteroatoms. The van der Waals surface area contributed by atoms with Crippen molar-refractivity contribution in [3.05, 3.63) is 0 Å². The van der Waals surface area contributed by atoms with Crippen LogP contribution in [0.25, 0.3) is 0 Å². The van der Waals surface area contributed by atoms with Crippen LogP contribution in [0.3, 0.4) is 0 Å². The zero-order chi connectivity index (χ0) is 11.0. The van der Waals surface area contributed by atoms with E-state index >= 15 is 0 Å². The van der Waals surface area contributed by atoms with Gasteiger partial charge in [0.05, 0.1) is 0 Å². The lowest BCUT2D eigenvalue weighted by Gasteiger charge is -2.31. The SMILES string of the molecule is CC1CCC2CN(C3CCCCC3)CC2C1. The van der Waals surface area contributed by atoms with Crippen LogP contribution < -0.4 is 0 Å². The molecule has 3 atom stereocenters. The molecule has 3 aliphatic rings. The highest BCUT2D eigenvalue weighted by atomic mass is 15.2. The van der Waals surface area contributed by atoms with E-state index in [4.69, 9.17) is 0 Å². The maximum absolute atomic E-state index is 2.87. The minimum absolute atomic E-state index is 0.967. The molecule has 0 aromatic carbocycles. The van der Waals surface area contributed by atoms with Gasteiger partial charge in [-0.1, -0.05) is 32.6 Å². The minimum atomic E-state index is 0.967. The van der Waals surface area contributed by atoms with Gasteiger partial charge in [0.15, 0.2) is 0 Å². The molecule has 1 nitrogen and oxygen atoms in total. The molecule has 1 saturated heterocycles. The zero-order valence-corrected chi connectivity index (χ0v) is 10.8. The van der Waals surface area contributed by atoms with Crippen LogP contribution in [-0.2, 0) is 0 Å². The van der Waals surface area contributed by atoms with Gasteiger partial charge in [-0.25, -0.2) is 0 Å². The summed E-state index contributed by atoms with van der Waals surface area (Å²) in [4.78, 5) is 2.87. The fourth-order valence-corrected chi connectivity index (χ4v) is 4.45. The van der Waals surface area contributed by atoms with E-state index in [1.54, 1.807) is 0 Å². The van der Waals surface area contributed by atoms with E-state index in [0.29, 0.717) is 0 Å². The highest BCUT2D eigenvalue weighted by Gasteiger charge is 2.38. The second-order valence-corrected chi connectivity index (χ2v) is 6.68. The predicted octanol–water partition coefficient (Wildman–Crippen LogP) is 3.69. The van der Waals surface area contributed by atoms with Crippen molar-refractivity contribution in [3.63, 3.8) is 0 Å². The molecular formula is C15H27N. The Morgan fingerprint density at radius 1 is 0.812 bits per heavy atom. The largest absolute Gasteiger partial charge is 0.300 e. The van der Waals surface area contributed by atoms with E-state index in [2.05, 4.69) is 11.8 Å². The van der Waals surface area contributed by atoms with Gasteiger partial charge in [-0.2, -0.15) is 0 Å². The lowest BCUT2D eigenvalue weighted by atomic mass is 9.77. The average molecular weight is 221 g/mol. The lowest BCUT2D eigenvalue weighted by molar-refractivity contribution is 0.182. The first kappa shape index (κ1) is 11.1. The Kier molecular flexibility index (Phi) is 3.24. The predicted molar refractivity (Wildman–Crippen MR) is 68.4 cm³/mol. The quantitative estimate of drug-likeness (QED) is 0.653. The normalized spacial score (nSPS) is 42.2. The van der Waals surface area contributed by atoms with Gasteiger partial charge >= 0.3 is 0 Å². The molecule has 0 radical (unpaired) electrons. The van der Waals surface area contributed by atoms with Gasteiger partial charge in [-0.05, 0) is 43.4 Å². The molecule has 0 spiro atoms. The maximum Gasteiger partial charge on any atom is 0.00954 e. The summed E-state index contributed by atoms with van der Waals surface area (Å²) >= 11 is 0. The number of hydrogen-bond acceptors (Lipinski definition) is 1. The Bertz CT molecular complexity index is 232. The number of nitrogens with zero attached hydrogens (tertiary/aromatic N) is 1. The van der Waals surface area contributed by atoms with Gasteiger partial charge in [0.25, 0.3) is 0 Å². The summed E-state index contributed by atoms with van der Waals surface area (Å²) in [7, 11) is 0. The molecule has 1 heterocycles. The Hall–Kier alpha value is -0.0400. The number of fused-ring (bicyclic) bond motifs is 1. The van der Waals surface area contributed by atoms with Crippen LogP contribution in [0.5, 0.6) is 0 Å². The minimum Gasteiger partial charge on any atom is -0.300 e. The van der Waals surface area contributed by atoms with Crippen molar-refractivity contribution in [1.82, 2.24) is 4.90 Å². The van der Waals surface area contributed by atoms with Crippen LogP contribution in [0.2, 0.25) is 0 Å². The molecule has 2 aliphatic carbocycles. The first-order chi connectivity index (χ1) is 7.83. The van der Waals surface area contributed by atoms with E-state index in [1.165, 1.54) is 64.5 Å². The standard InChI is InChI=1S/C15H27N/c1-12-7-8-13-10-16(11-14(13)9-12)15-5-3-2-4-6-15/h12-15H,2-11H2,1H3. The topological polar surface area (TPSA) is 3.24 Å². The van der Waals surface area contributed by atoms with Crippen molar-refractivity contribution >= 4 is 0 Å². The fourth-order valence-electron chi connectivity index (χ4n) is 4.45. The molecule has 92 valence electrons. The Morgan fingerprint density at radius 2 is 1.56 bits per heavy atom. The van der Waals surface area contributed by atoms with Gasteiger partial charge in [-0.15, -0.1) is 0 Å². The van der Waals surface area contributed by atoms with E-state index in [9.17, 15) is 0 Å². The third-order valence-electron chi connectivity index (χ3n) is 5.43. The summed E-state index contributed by atoms with van der Waals surface area (Å²) < 4.78 is 0. The third-order valence-corrected chi connectivity index (χ3v) is 5.43. The molecule has 1 aliphatic heterocycles. The van der Waals surface area contributed by atoms with Crippen molar-refractivity contribution in [2.24, 2.45) is 17.8 Å². The summed E-state index contributed by atoms with van der Waals surface area (Å²) in [6, 6.07) is 0.967. The van der Waals surface area contributed by atoms with Crippen molar-refractivity contribution in [2.45, 2.75) is 64.3 Å². The molecule has 0 aromatic rings. The van der Waals surface area contributed by atoms with Crippen LogP contribution in [-0.4, -0.2) is 24.0 Å². The van der Waals surface area contributed by atoms with Crippen LogP contribution in [0.15, 0.2) is 0 Å². The summed E-state index contributed by atoms with van der Waals surface area (Å²) in [5, 5.41) is 0. The van der Waals surface area contributed by atoms with Gasteiger partial charge in [0, 0.05) is 19.1 Å². The van der Waals surface area contributed by atoms with Gasteiger partial charge in [-0.3, -0.25) is 4.90 Å². The smallest absolute Gasteiger partial charge is 0.00954 e. The molecule has 0 N–H and O–H groups in total. The second-order valence-electron chi connectivity index (χ2n) is 6.68. The Balaban J connectivity index is 1.59. The van der Waals surface area contributed by atoms with E-state index < -0.39 is 0 Å². The molecule has 0 bridgehead atoms. The molecule has 0 amide bonds. The molecule has 3 unspecified atom stereocenters. The highest BCUT2D eigenvalue weighted by molar-refractivity contribution is 4.91. The molecule has 2 saturated carbocycles. The van der Waals surface area contributed by atoms with Crippen LogP contribution in [0, 0.1) is 17.8 Å². The van der Waals surface area contributed by atoms with E-state index in [1.807, 2.05) is 0 Å². The van der Waals surface area contributed by atoms with Crippen molar-refractivity contribution in [3.8, 4) is 0 Å². The summed E-state index contributed by atoms with van der Waals surface area (Å²) in [5.74, 6) is 3.14. The van der Waals surface area contributed by atoms with Crippen LogP contribution in [0.1, 0.15) is 58.3 Å². The molecule has 16 heavy (non-hydrogen) atoms. The van der Waals surface area contributed by atoms with E-state index in [0.717, 1.165) is 23.8 Å². The zero-order valence-electron chi connectivity index (χ0n) is 10.8. The number of likely N-dealkylation sites (tertiary alicyclic amines) is 1. The highest BCUT2D eigenvalue weighted by Crippen LogP contribution is 2.40. The van der Waals surface area contributed by atoms with Gasteiger partial charge in [0.1, 0.15) is 0 Å². The summed E-state index contributed by atoms with van der Waals surface area (Å²) in [5.41, 5.74) is 0. The third kappa shape index (κ3) is 2.16. The Labute approximate surface area is 101 Å². The van der Waals surface area contributed by atoms with Crippen molar-refractivity contribution in [1.29, 1.82) is 0 Å². The van der Waals surface area contributed by atoms with Crippen LogP contribution >= 0.6 is 0 Å². The summed E-state index contributed by atoms with van der Waals surface area (Å²) in [6.07, 6.45) is 12.0. The van der Waals surface area contributed by atoms with E-state index in [-0.39, 0.29) is 0 Å². The average Bonchev–Trinajstić information content (AvgIpc) is 2.73. The number of hydrogen-bond donors (Lipinski definition) is 0. The van der Waals surface area contributed by atoms with Gasteiger partial charge in [0.2, 0.25) is 0 Å². The first-order valence-electron chi connectivity index (χ1n) is 7.57. The van der Waals surface area contributed by atoms with Crippen LogP contribution in [0.4, 0.5) is 0 Å². The summed E-state index contributed by atoms with van der Waals surface area (Å²) in [6.45, 7) is 5.35. The maximum atomic E-state index is 2.87. The fraction of sp³-hybridized carbons (Fsp3) is 1.00. The van der Waals surface area contributed by atoms with Crippen molar-refractivity contribution in [2.75, 3.05) is 13.1 Å². The first-order valence-corrected chi connectivity index (χ1v) is 7.57. The van der Waals surface area contributed by atoms with Crippen molar-refractivity contribution < 1.29 is 0 Å². The molecule has 0 aromatic heterocycles. The van der Waals surface area contributed by atoms with Gasteiger partial charge < -0.3 is 0 Å². The number of rotatable bonds is 1. The lowest BCUT2D eigenvalue weighted by Crippen LogP contribution is -2.35. The Morgan fingerprint density at radius 3 is 2.38 bits per heavy atom.